The van der Waals surface area contributed by atoms with Gasteiger partial charge in [0.1, 0.15) is 17.5 Å². The van der Waals surface area contributed by atoms with E-state index < -0.39 is 0 Å². The Morgan fingerprint density at radius 3 is 2.56 bits per heavy atom. The number of rotatable bonds is 6. The van der Waals surface area contributed by atoms with Crippen LogP contribution in [0.4, 0.5) is 11.5 Å². The number of aromatic nitrogens is 1. The molecule has 3 rings (SSSR count). The van der Waals surface area contributed by atoms with Crippen LogP contribution in [-0.4, -0.2) is 29.8 Å². The first-order valence-electron chi connectivity index (χ1n) is 10.9. The van der Waals surface area contributed by atoms with Crippen LogP contribution in [-0.2, 0) is 4.79 Å². The molecule has 32 heavy (non-hydrogen) atoms. The van der Waals surface area contributed by atoms with Crippen LogP contribution in [0.25, 0.3) is 0 Å². The summed E-state index contributed by atoms with van der Waals surface area (Å²) in [6.07, 6.45) is 2.94. The first-order valence-corrected chi connectivity index (χ1v) is 11.3. The molecule has 1 fully saturated rings. The average Bonchev–Trinajstić information content (AvgIpc) is 2.73. The smallest absolute Gasteiger partial charge is 0.255 e. The third kappa shape index (κ3) is 6.54. The van der Waals surface area contributed by atoms with E-state index in [1.54, 1.807) is 36.4 Å². The van der Waals surface area contributed by atoms with Gasteiger partial charge in [-0.1, -0.05) is 38.4 Å². The lowest BCUT2D eigenvalue weighted by Crippen LogP contribution is -2.36. The lowest BCUT2D eigenvalue weighted by atomic mass is 9.84. The minimum atomic E-state index is -0.289. The predicted molar refractivity (Wildman–Crippen MR) is 127 cm³/mol. The molecule has 1 aliphatic rings. The molecule has 1 N–H and O–H groups in total. The van der Waals surface area contributed by atoms with Gasteiger partial charge in [-0.2, -0.15) is 5.26 Å². The number of nitrogens with zero attached hydrogens (tertiary/aromatic N) is 3. The average molecular weight is 453 g/mol. The third-order valence-electron chi connectivity index (χ3n) is 5.48. The number of amides is 1. The number of pyridine rings is 1. The maximum atomic E-state index is 12.7. The van der Waals surface area contributed by atoms with Gasteiger partial charge in [-0.05, 0) is 54.5 Å². The Bertz CT molecular complexity index is 1030. The van der Waals surface area contributed by atoms with E-state index in [2.05, 4.69) is 42.0 Å². The molecule has 0 aliphatic carbocycles. The van der Waals surface area contributed by atoms with Gasteiger partial charge in [-0.15, -0.1) is 0 Å². The summed E-state index contributed by atoms with van der Waals surface area (Å²) in [5.41, 5.74) is 1.30. The van der Waals surface area contributed by atoms with Crippen molar-refractivity contribution in [1.29, 1.82) is 5.26 Å². The van der Waals surface area contributed by atoms with Crippen LogP contribution >= 0.6 is 11.6 Å². The number of hydrogen-bond acceptors (Lipinski definition) is 5. The standard InChI is InChI=1S/C25H29ClN4O2/c1-25(2,3)15-21(31)13-17-9-11-30(12-10-17)23-22(8-7-20(16-27)28-23)29-24(32)18-5-4-6-19(26)14-18/h4-8,14,17H,9-13,15H2,1-3H3,(H,29,32). The van der Waals surface area contributed by atoms with Crippen LogP contribution in [0, 0.1) is 22.7 Å². The molecule has 6 nitrogen and oxygen atoms in total. The van der Waals surface area contributed by atoms with E-state index in [1.165, 1.54) is 0 Å². The normalized spacial score (nSPS) is 14.7. The van der Waals surface area contributed by atoms with E-state index in [0.717, 1.165) is 25.9 Å². The quantitative estimate of drug-likeness (QED) is 0.627. The molecule has 0 radical (unpaired) electrons. The fourth-order valence-corrected chi connectivity index (χ4v) is 4.20. The minimum absolute atomic E-state index is 0.00945. The van der Waals surface area contributed by atoms with Gasteiger partial charge in [-0.3, -0.25) is 9.59 Å². The molecule has 0 spiro atoms. The summed E-state index contributed by atoms with van der Waals surface area (Å²) in [5.74, 6) is 0.960. The maximum absolute atomic E-state index is 12.7. The molecule has 1 amide bonds. The summed E-state index contributed by atoms with van der Waals surface area (Å²) in [4.78, 5) is 31.7. The number of nitriles is 1. The number of benzene rings is 1. The Balaban J connectivity index is 1.70. The Hall–Kier alpha value is -2.91. The van der Waals surface area contributed by atoms with E-state index in [4.69, 9.17) is 11.6 Å². The van der Waals surface area contributed by atoms with Crippen LogP contribution in [0.3, 0.4) is 0 Å². The molecule has 0 atom stereocenters. The monoisotopic (exact) mass is 452 g/mol. The molecule has 1 aliphatic heterocycles. The lowest BCUT2D eigenvalue weighted by molar-refractivity contribution is -0.121. The largest absolute Gasteiger partial charge is 0.355 e. The van der Waals surface area contributed by atoms with E-state index in [0.29, 0.717) is 52.3 Å². The summed E-state index contributed by atoms with van der Waals surface area (Å²) >= 11 is 6.01. The van der Waals surface area contributed by atoms with Crippen LogP contribution in [0.15, 0.2) is 36.4 Å². The van der Waals surface area contributed by atoms with Gasteiger partial charge in [0, 0.05) is 36.5 Å². The molecule has 1 aromatic heterocycles. The number of nitrogens with one attached hydrogen (secondary N) is 1. The number of Topliss-reactive ketones (excluding diaryl/α,β-unsaturated/α-hetero) is 1. The van der Waals surface area contributed by atoms with Crippen molar-refractivity contribution in [2.45, 2.75) is 46.5 Å². The van der Waals surface area contributed by atoms with Crippen molar-refractivity contribution in [3.8, 4) is 6.07 Å². The molecule has 2 aromatic rings. The molecule has 2 heterocycles. The zero-order valence-electron chi connectivity index (χ0n) is 18.8. The Labute approximate surface area is 194 Å². The first-order chi connectivity index (χ1) is 15.1. The Morgan fingerprint density at radius 2 is 1.94 bits per heavy atom. The SMILES string of the molecule is CC(C)(C)CC(=O)CC1CCN(c2nc(C#N)ccc2NC(=O)c2cccc(Cl)c2)CC1. The summed E-state index contributed by atoms with van der Waals surface area (Å²) in [6.45, 7) is 7.69. The Kier molecular flexibility index (Phi) is 7.52. The fraction of sp³-hybridized carbons (Fsp3) is 0.440. The molecule has 1 aromatic carbocycles. The summed E-state index contributed by atoms with van der Waals surface area (Å²) in [7, 11) is 0. The highest BCUT2D eigenvalue weighted by Gasteiger charge is 2.26. The number of anilines is 2. The zero-order valence-corrected chi connectivity index (χ0v) is 19.6. The van der Waals surface area contributed by atoms with Crippen molar-refractivity contribution in [2.75, 3.05) is 23.3 Å². The van der Waals surface area contributed by atoms with Crippen molar-refractivity contribution in [2.24, 2.45) is 11.3 Å². The zero-order chi connectivity index (χ0) is 23.3. The number of ketones is 1. The summed E-state index contributed by atoms with van der Waals surface area (Å²) < 4.78 is 0. The number of piperidine rings is 1. The van der Waals surface area contributed by atoms with Gasteiger partial charge in [0.05, 0.1) is 5.69 Å². The molecular weight excluding hydrogens is 424 g/mol. The summed E-state index contributed by atoms with van der Waals surface area (Å²) in [5, 5.41) is 12.7. The van der Waals surface area contributed by atoms with Crippen molar-refractivity contribution < 1.29 is 9.59 Å². The molecular formula is C25H29ClN4O2. The highest BCUT2D eigenvalue weighted by Crippen LogP contribution is 2.31. The summed E-state index contributed by atoms with van der Waals surface area (Å²) in [6, 6.07) is 12.1. The molecule has 1 saturated heterocycles. The van der Waals surface area contributed by atoms with Gasteiger partial charge in [0.2, 0.25) is 0 Å². The van der Waals surface area contributed by atoms with Crippen molar-refractivity contribution in [3.63, 3.8) is 0 Å². The van der Waals surface area contributed by atoms with Crippen LogP contribution in [0.5, 0.6) is 0 Å². The number of carbonyl (C=O) groups is 2. The van der Waals surface area contributed by atoms with Crippen LogP contribution < -0.4 is 10.2 Å². The molecule has 0 unspecified atom stereocenters. The highest BCUT2D eigenvalue weighted by atomic mass is 35.5. The Morgan fingerprint density at radius 1 is 1.22 bits per heavy atom. The second-order valence-corrected chi connectivity index (χ2v) is 9.99. The van der Waals surface area contributed by atoms with Gasteiger partial charge in [0.25, 0.3) is 5.91 Å². The number of carbonyl (C=O) groups excluding carboxylic acids is 2. The van der Waals surface area contributed by atoms with Gasteiger partial charge in [-0.25, -0.2) is 4.98 Å². The number of hydrogen-bond donors (Lipinski definition) is 1. The second kappa shape index (κ2) is 10.1. The number of halogens is 1. The minimum Gasteiger partial charge on any atom is -0.355 e. The van der Waals surface area contributed by atoms with E-state index in [-0.39, 0.29) is 11.3 Å². The lowest BCUT2D eigenvalue weighted by Gasteiger charge is -2.34. The van der Waals surface area contributed by atoms with Gasteiger partial charge < -0.3 is 10.2 Å². The van der Waals surface area contributed by atoms with Crippen LogP contribution in [0.2, 0.25) is 5.02 Å². The third-order valence-corrected chi connectivity index (χ3v) is 5.72. The molecule has 0 bridgehead atoms. The molecule has 0 saturated carbocycles. The molecule has 168 valence electrons. The van der Waals surface area contributed by atoms with E-state index in [1.807, 2.05) is 0 Å². The van der Waals surface area contributed by atoms with Crippen LogP contribution in [0.1, 0.15) is 62.5 Å². The van der Waals surface area contributed by atoms with Crippen molar-refractivity contribution >= 4 is 34.8 Å². The maximum Gasteiger partial charge on any atom is 0.255 e. The topological polar surface area (TPSA) is 86.1 Å². The molecule has 7 heteroatoms. The fourth-order valence-electron chi connectivity index (χ4n) is 4.01. The van der Waals surface area contributed by atoms with Crippen molar-refractivity contribution in [1.82, 2.24) is 4.98 Å². The highest BCUT2D eigenvalue weighted by molar-refractivity contribution is 6.31. The van der Waals surface area contributed by atoms with E-state index >= 15 is 0 Å². The van der Waals surface area contributed by atoms with Crippen molar-refractivity contribution in [3.05, 3.63) is 52.7 Å². The predicted octanol–water partition coefficient (Wildman–Crippen LogP) is 5.47. The first kappa shape index (κ1) is 23.7. The van der Waals surface area contributed by atoms with E-state index in [9.17, 15) is 14.9 Å². The van der Waals surface area contributed by atoms with Gasteiger partial charge in [0.15, 0.2) is 5.82 Å². The van der Waals surface area contributed by atoms with Gasteiger partial charge >= 0.3 is 0 Å². The second-order valence-electron chi connectivity index (χ2n) is 9.55.